The number of benzene rings is 2. The smallest absolute Gasteiger partial charge is 0.287 e. The van der Waals surface area contributed by atoms with Gasteiger partial charge in [-0.05, 0) is 44.1 Å². The second-order valence-electron chi connectivity index (χ2n) is 8.67. The van der Waals surface area contributed by atoms with Gasteiger partial charge in [-0.1, -0.05) is 61.7 Å². The number of nitrogens with one attached hydrogen (secondary N) is 1. The number of carbonyl (C=O) groups excluding carboxylic acids is 1. The van der Waals surface area contributed by atoms with Crippen LogP contribution in [-0.4, -0.2) is 30.2 Å². The number of hydrogen-bond acceptors (Lipinski definition) is 4. The molecule has 1 aliphatic rings. The van der Waals surface area contributed by atoms with Gasteiger partial charge in [0, 0.05) is 35.0 Å². The predicted octanol–water partition coefficient (Wildman–Crippen LogP) is 5.99. The lowest BCUT2D eigenvalue weighted by molar-refractivity contribution is 0.0924. The Labute approximate surface area is 189 Å². The molecule has 1 heterocycles. The molecule has 0 atom stereocenters. The number of amides is 1. The lowest BCUT2D eigenvalue weighted by Gasteiger charge is -2.20. The van der Waals surface area contributed by atoms with Crippen molar-refractivity contribution in [1.29, 1.82) is 0 Å². The van der Waals surface area contributed by atoms with Crippen LogP contribution in [0.1, 0.15) is 59.3 Å². The Balaban J connectivity index is 1.51. The van der Waals surface area contributed by atoms with Gasteiger partial charge >= 0.3 is 0 Å². The van der Waals surface area contributed by atoms with Crippen molar-refractivity contribution in [3.05, 3.63) is 71.0 Å². The predicted molar refractivity (Wildman–Crippen MR) is 129 cm³/mol. The van der Waals surface area contributed by atoms with Gasteiger partial charge in [0.15, 0.2) is 5.76 Å². The summed E-state index contributed by atoms with van der Waals surface area (Å²) < 4.78 is 6.05. The minimum Gasteiger partial charge on any atom is -0.451 e. The Hall–Kier alpha value is -2.24. The van der Waals surface area contributed by atoms with Gasteiger partial charge in [0.2, 0.25) is 0 Å². The van der Waals surface area contributed by atoms with Gasteiger partial charge in [0.1, 0.15) is 5.58 Å². The number of fused-ring (bicyclic) bond motifs is 1. The first-order valence-electron chi connectivity index (χ1n) is 11.2. The van der Waals surface area contributed by atoms with Crippen molar-refractivity contribution in [2.24, 2.45) is 0 Å². The molecular formula is C26H32N2O2S. The monoisotopic (exact) mass is 436 g/mol. The first-order valence-corrected chi connectivity index (χ1v) is 12.3. The molecular weight excluding hydrogens is 404 g/mol. The third-order valence-electron chi connectivity index (χ3n) is 5.96. The Bertz CT molecular complexity index is 1020. The third-order valence-corrected chi connectivity index (χ3v) is 7.36. The van der Waals surface area contributed by atoms with Crippen LogP contribution in [0.3, 0.4) is 0 Å². The molecule has 1 amide bonds. The highest BCUT2D eigenvalue weighted by molar-refractivity contribution is 7.99. The van der Waals surface area contributed by atoms with Gasteiger partial charge in [0.25, 0.3) is 5.91 Å². The van der Waals surface area contributed by atoms with Crippen LogP contribution in [0.4, 0.5) is 0 Å². The summed E-state index contributed by atoms with van der Waals surface area (Å²) in [5.74, 6) is 1.16. The number of nitrogens with zero attached hydrogens (tertiary/aromatic N) is 1. The first-order chi connectivity index (χ1) is 15.1. The molecule has 1 saturated carbocycles. The maximum absolute atomic E-state index is 13.2. The highest BCUT2D eigenvalue weighted by Crippen LogP contribution is 2.35. The molecule has 4 rings (SSSR count). The van der Waals surface area contributed by atoms with E-state index in [-0.39, 0.29) is 5.91 Å². The Morgan fingerprint density at radius 2 is 1.74 bits per heavy atom. The molecule has 0 spiro atoms. The van der Waals surface area contributed by atoms with Crippen LogP contribution in [0.15, 0.2) is 52.9 Å². The molecule has 1 aliphatic carbocycles. The van der Waals surface area contributed by atoms with E-state index in [0.29, 0.717) is 17.6 Å². The van der Waals surface area contributed by atoms with Crippen LogP contribution in [0.25, 0.3) is 11.0 Å². The van der Waals surface area contributed by atoms with Crippen LogP contribution in [0.2, 0.25) is 0 Å². The fraction of sp³-hybridized carbons (Fsp3) is 0.423. The lowest BCUT2D eigenvalue weighted by Crippen LogP contribution is -2.24. The van der Waals surface area contributed by atoms with E-state index >= 15 is 0 Å². The average molecular weight is 437 g/mol. The fourth-order valence-corrected chi connectivity index (χ4v) is 5.69. The fourth-order valence-electron chi connectivity index (χ4n) is 4.34. The van der Waals surface area contributed by atoms with E-state index in [1.54, 1.807) is 0 Å². The summed E-state index contributed by atoms with van der Waals surface area (Å²) in [5, 5.41) is 4.86. The SMILES string of the molecule is CN(C)Cc1ccccc1CNC(=O)c1oc2ccccc2c1CSC1CCCCC1. The Morgan fingerprint density at radius 3 is 2.52 bits per heavy atom. The summed E-state index contributed by atoms with van der Waals surface area (Å²) in [6.07, 6.45) is 6.57. The Morgan fingerprint density at radius 1 is 1.03 bits per heavy atom. The van der Waals surface area contributed by atoms with Crippen molar-refractivity contribution in [3.63, 3.8) is 0 Å². The van der Waals surface area contributed by atoms with Crippen molar-refractivity contribution < 1.29 is 9.21 Å². The van der Waals surface area contributed by atoms with Crippen molar-refractivity contribution in [2.45, 2.75) is 56.2 Å². The van der Waals surface area contributed by atoms with Gasteiger partial charge in [-0.25, -0.2) is 0 Å². The lowest BCUT2D eigenvalue weighted by atomic mass is 10.0. The van der Waals surface area contributed by atoms with Crippen molar-refractivity contribution in [3.8, 4) is 0 Å². The highest BCUT2D eigenvalue weighted by Gasteiger charge is 2.22. The number of thioether (sulfide) groups is 1. The van der Waals surface area contributed by atoms with E-state index in [1.165, 1.54) is 37.7 Å². The molecule has 1 fully saturated rings. The van der Waals surface area contributed by atoms with E-state index in [4.69, 9.17) is 4.42 Å². The van der Waals surface area contributed by atoms with E-state index in [1.807, 2.05) is 42.1 Å². The summed E-state index contributed by atoms with van der Waals surface area (Å²) in [7, 11) is 4.11. The number of furan rings is 1. The number of rotatable bonds is 8. The van der Waals surface area contributed by atoms with Crippen LogP contribution in [0, 0.1) is 0 Å². The molecule has 2 aromatic carbocycles. The quantitative estimate of drug-likeness (QED) is 0.471. The molecule has 0 aliphatic heterocycles. The summed E-state index contributed by atoms with van der Waals surface area (Å²) in [4.78, 5) is 15.3. The summed E-state index contributed by atoms with van der Waals surface area (Å²) in [6, 6.07) is 16.3. The molecule has 1 N–H and O–H groups in total. The highest BCUT2D eigenvalue weighted by atomic mass is 32.2. The van der Waals surface area contributed by atoms with Crippen LogP contribution in [0.5, 0.6) is 0 Å². The van der Waals surface area contributed by atoms with Gasteiger partial charge in [0.05, 0.1) is 0 Å². The van der Waals surface area contributed by atoms with Gasteiger partial charge in [-0.15, -0.1) is 0 Å². The molecule has 3 aromatic rings. The normalized spacial score (nSPS) is 14.9. The van der Waals surface area contributed by atoms with E-state index in [2.05, 4.69) is 42.5 Å². The molecule has 0 bridgehead atoms. The number of hydrogen-bond donors (Lipinski definition) is 1. The maximum Gasteiger partial charge on any atom is 0.287 e. The van der Waals surface area contributed by atoms with Gasteiger partial charge < -0.3 is 14.6 Å². The van der Waals surface area contributed by atoms with Crippen molar-refractivity contribution >= 4 is 28.6 Å². The molecule has 4 nitrogen and oxygen atoms in total. The van der Waals surface area contributed by atoms with Crippen LogP contribution >= 0.6 is 11.8 Å². The largest absolute Gasteiger partial charge is 0.451 e. The third kappa shape index (κ3) is 5.52. The van der Waals surface area contributed by atoms with Gasteiger partial charge in [-0.2, -0.15) is 11.8 Å². The Kier molecular flexibility index (Phi) is 7.36. The van der Waals surface area contributed by atoms with E-state index in [0.717, 1.165) is 34.4 Å². The number of para-hydroxylation sites is 1. The zero-order valence-electron chi connectivity index (χ0n) is 18.5. The van der Waals surface area contributed by atoms with Crippen LogP contribution < -0.4 is 5.32 Å². The zero-order chi connectivity index (χ0) is 21.6. The average Bonchev–Trinajstić information content (AvgIpc) is 3.16. The summed E-state index contributed by atoms with van der Waals surface area (Å²) >= 11 is 1.98. The second-order valence-corrected chi connectivity index (χ2v) is 9.95. The molecule has 0 radical (unpaired) electrons. The topological polar surface area (TPSA) is 45.5 Å². The second kappa shape index (κ2) is 10.4. The van der Waals surface area contributed by atoms with Gasteiger partial charge in [-0.3, -0.25) is 4.79 Å². The minimum absolute atomic E-state index is 0.130. The molecule has 0 unspecified atom stereocenters. The molecule has 1 aromatic heterocycles. The summed E-state index contributed by atoms with van der Waals surface area (Å²) in [6.45, 7) is 1.34. The molecule has 31 heavy (non-hydrogen) atoms. The molecule has 164 valence electrons. The number of carbonyl (C=O) groups is 1. The molecule has 5 heteroatoms. The van der Waals surface area contributed by atoms with Crippen LogP contribution in [-0.2, 0) is 18.8 Å². The van der Waals surface area contributed by atoms with E-state index in [9.17, 15) is 4.79 Å². The first kappa shape index (κ1) is 22.0. The van der Waals surface area contributed by atoms with Crippen molar-refractivity contribution in [2.75, 3.05) is 14.1 Å². The van der Waals surface area contributed by atoms with Crippen molar-refractivity contribution in [1.82, 2.24) is 10.2 Å². The molecule has 0 saturated heterocycles. The standard InChI is InChI=1S/C26H32N2O2S/c1-28(2)17-20-11-7-6-10-19(20)16-27-26(29)25-23(18-31-21-12-4-3-5-13-21)22-14-8-9-15-24(22)30-25/h6-11,14-15,21H,3-5,12-13,16-18H2,1-2H3,(H,27,29). The minimum atomic E-state index is -0.130. The maximum atomic E-state index is 13.2. The van der Waals surface area contributed by atoms with E-state index < -0.39 is 0 Å². The summed E-state index contributed by atoms with van der Waals surface area (Å²) in [5.41, 5.74) is 4.19. The zero-order valence-corrected chi connectivity index (χ0v) is 19.3.